The highest BCUT2D eigenvalue weighted by molar-refractivity contribution is 8.03. The SMILES string of the molecule is c1ccc2oc(CNC3CSCCSC3)cc2c1. The predicted molar refractivity (Wildman–Crippen MR) is 81.5 cm³/mol. The van der Waals surface area contributed by atoms with Crippen molar-refractivity contribution in [1.29, 1.82) is 0 Å². The molecule has 0 aliphatic carbocycles. The lowest BCUT2D eigenvalue weighted by Crippen LogP contribution is -2.32. The molecule has 1 saturated heterocycles. The standard InChI is InChI=1S/C14H17NOS2/c1-2-4-14-11(3-1)7-13(16-14)8-15-12-9-17-5-6-18-10-12/h1-4,7,12,15H,5-6,8-10H2. The second kappa shape index (κ2) is 6.04. The van der Waals surface area contributed by atoms with E-state index in [9.17, 15) is 0 Å². The Balaban J connectivity index is 1.61. The first-order valence-corrected chi connectivity index (χ1v) is 8.59. The highest BCUT2D eigenvalue weighted by atomic mass is 32.2. The van der Waals surface area contributed by atoms with Crippen LogP contribution < -0.4 is 5.32 Å². The summed E-state index contributed by atoms with van der Waals surface area (Å²) in [6.07, 6.45) is 0. The fourth-order valence-corrected chi connectivity index (χ4v) is 4.57. The highest BCUT2D eigenvalue weighted by Crippen LogP contribution is 2.20. The molecule has 0 amide bonds. The summed E-state index contributed by atoms with van der Waals surface area (Å²) >= 11 is 4.10. The van der Waals surface area contributed by atoms with Crippen molar-refractivity contribution < 1.29 is 4.42 Å². The molecule has 1 N–H and O–H groups in total. The Morgan fingerprint density at radius 2 is 1.94 bits per heavy atom. The van der Waals surface area contributed by atoms with Crippen molar-refractivity contribution in [1.82, 2.24) is 5.32 Å². The van der Waals surface area contributed by atoms with Gasteiger partial charge in [-0.25, -0.2) is 0 Å². The average Bonchev–Trinajstić information content (AvgIpc) is 2.63. The number of nitrogens with one attached hydrogen (secondary N) is 1. The summed E-state index contributed by atoms with van der Waals surface area (Å²) in [5, 5.41) is 4.80. The average molecular weight is 279 g/mol. The molecule has 1 aliphatic rings. The van der Waals surface area contributed by atoms with E-state index in [0.29, 0.717) is 6.04 Å². The number of hydrogen-bond donors (Lipinski definition) is 1. The molecule has 1 aromatic heterocycles. The largest absolute Gasteiger partial charge is 0.460 e. The summed E-state index contributed by atoms with van der Waals surface area (Å²) < 4.78 is 5.81. The monoisotopic (exact) mass is 279 g/mol. The minimum atomic E-state index is 0.607. The molecule has 4 heteroatoms. The molecule has 2 aromatic rings. The Morgan fingerprint density at radius 1 is 1.17 bits per heavy atom. The zero-order valence-corrected chi connectivity index (χ0v) is 11.9. The second-order valence-corrected chi connectivity index (χ2v) is 6.78. The Morgan fingerprint density at radius 3 is 2.72 bits per heavy atom. The molecule has 1 aromatic carbocycles. The van der Waals surface area contributed by atoms with Crippen molar-refractivity contribution in [2.24, 2.45) is 0 Å². The van der Waals surface area contributed by atoms with E-state index in [1.165, 1.54) is 28.4 Å². The Hall–Kier alpha value is -0.580. The van der Waals surface area contributed by atoms with E-state index in [1.54, 1.807) is 0 Å². The Kier molecular flexibility index (Phi) is 4.18. The summed E-state index contributed by atoms with van der Waals surface area (Å²) in [6, 6.07) is 10.9. The van der Waals surface area contributed by atoms with Gasteiger partial charge in [0.1, 0.15) is 11.3 Å². The van der Waals surface area contributed by atoms with Gasteiger partial charge in [-0.05, 0) is 12.1 Å². The van der Waals surface area contributed by atoms with Crippen LogP contribution in [0.5, 0.6) is 0 Å². The molecule has 0 unspecified atom stereocenters. The van der Waals surface area contributed by atoms with Crippen molar-refractivity contribution in [3.05, 3.63) is 36.1 Å². The van der Waals surface area contributed by atoms with Crippen LogP contribution in [0, 0.1) is 0 Å². The maximum atomic E-state index is 5.81. The van der Waals surface area contributed by atoms with E-state index >= 15 is 0 Å². The van der Waals surface area contributed by atoms with Crippen molar-refractivity contribution in [2.45, 2.75) is 12.6 Å². The lowest BCUT2D eigenvalue weighted by molar-refractivity contribution is 0.493. The summed E-state index contributed by atoms with van der Waals surface area (Å²) in [5.74, 6) is 6.04. The van der Waals surface area contributed by atoms with E-state index in [2.05, 4.69) is 41.0 Å². The summed E-state index contributed by atoms with van der Waals surface area (Å²) in [7, 11) is 0. The smallest absolute Gasteiger partial charge is 0.134 e. The molecule has 0 atom stereocenters. The molecule has 0 spiro atoms. The van der Waals surface area contributed by atoms with Gasteiger partial charge >= 0.3 is 0 Å². The first-order valence-electron chi connectivity index (χ1n) is 6.28. The Labute approximate surface area is 116 Å². The van der Waals surface area contributed by atoms with Gasteiger partial charge in [-0.2, -0.15) is 23.5 Å². The van der Waals surface area contributed by atoms with Gasteiger partial charge in [0.15, 0.2) is 0 Å². The van der Waals surface area contributed by atoms with Gasteiger partial charge in [0.25, 0.3) is 0 Å². The minimum Gasteiger partial charge on any atom is -0.460 e. The lowest BCUT2D eigenvalue weighted by Gasteiger charge is -2.13. The number of benzene rings is 1. The molecule has 0 saturated carbocycles. The first kappa shape index (κ1) is 12.5. The minimum absolute atomic E-state index is 0.607. The van der Waals surface area contributed by atoms with E-state index < -0.39 is 0 Å². The summed E-state index contributed by atoms with van der Waals surface area (Å²) in [5.41, 5.74) is 0.985. The van der Waals surface area contributed by atoms with Crippen LogP contribution in [0.4, 0.5) is 0 Å². The lowest BCUT2D eigenvalue weighted by atomic mass is 10.2. The van der Waals surface area contributed by atoms with E-state index in [-0.39, 0.29) is 0 Å². The van der Waals surface area contributed by atoms with Crippen LogP contribution in [0.15, 0.2) is 34.7 Å². The van der Waals surface area contributed by atoms with Gasteiger partial charge in [-0.3, -0.25) is 0 Å². The number of hydrogen-bond acceptors (Lipinski definition) is 4. The molecular weight excluding hydrogens is 262 g/mol. The predicted octanol–water partition coefficient (Wildman–Crippen LogP) is 3.37. The third-order valence-electron chi connectivity index (χ3n) is 3.05. The molecule has 1 aliphatic heterocycles. The van der Waals surface area contributed by atoms with Crippen LogP contribution >= 0.6 is 23.5 Å². The summed E-state index contributed by atoms with van der Waals surface area (Å²) in [6.45, 7) is 0.834. The van der Waals surface area contributed by atoms with Crippen LogP contribution in [0.1, 0.15) is 5.76 Å². The van der Waals surface area contributed by atoms with Crippen LogP contribution in [0.25, 0.3) is 11.0 Å². The molecule has 2 nitrogen and oxygen atoms in total. The number of furan rings is 1. The van der Waals surface area contributed by atoms with E-state index in [4.69, 9.17) is 4.42 Å². The molecule has 1 fully saturated rings. The van der Waals surface area contributed by atoms with E-state index in [1.807, 2.05) is 18.2 Å². The highest BCUT2D eigenvalue weighted by Gasteiger charge is 2.13. The normalized spacial score (nSPS) is 18.0. The third kappa shape index (κ3) is 3.05. The van der Waals surface area contributed by atoms with Crippen molar-refractivity contribution in [3.8, 4) is 0 Å². The third-order valence-corrected chi connectivity index (χ3v) is 5.57. The maximum Gasteiger partial charge on any atom is 0.134 e. The quantitative estimate of drug-likeness (QED) is 0.931. The van der Waals surface area contributed by atoms with Gasteiger partial charge in [0.2, 0.25) is 0 Å². The van der Waals surface area contributed by atoms with Gasteiger partial charge < -0.3 is 9.73 Å². The van der Waals surface area contributed by atoms with Gasteiger partial charge in [0, 0.05) is 34.4 Å². The molecule has 18 heavy (non-hydrogen) atoms. The van der Waals surface area contributed by atoms with Gasteiger partial charge in [-0.15, -0.1) is 0 Å². The number of fused-ring (bicyclic) bond motifs is 1. The van der Waals surface area contributed by atoms with Crippen LogP contribution in [-0.2, 0) is 6.54 Å². The van der Waals surface area contributed by atoms with E-state index in [0.717, 1.165) is 17.9 Å². The Bertz CT molecular complexity index is 470. The molecule has 96 valence electrons. The van der Waals surface area contributed by atoms with Crippen molar-refractivity contribution >= 4 is 34.5 Å². The second-order valence-electron chi connectivity index (χ2n) is 4.48. The zero-order valence-electron chi connectivity index (χ0n) is 10.2. The van der Waals surface area contributed by atoms with Crippen molar-refractivity contribution in [3.63, 3.8) is 0 Å². The van der Waals surface area contributed by atoms with Gasteiger partial charge in [-0.1, -0.05) is 18.2 Å². The molecular formula is C14H17NOS2. The number of thioether (sulfide) groups is 2. The topological polar surface area (TPSA) is 25.2 Å². The van der Waals surface area contributed by atoms with Crippen LogP contribution in [-0.4, -0.2) is 29.1 Å². The first-order chi connectivity index (χ1) is 8.92. The fraction of sp³-hybridized carbons (Fsp3) is 0.429. The molecule has 2 heterocycles. The van der Waals surface area contributed by atoms with Gasteiger partial charge in [0.05, 0.1) is 6.54 Å². The molecule has 3 rings (SSSR count). The van der Waals surface area contributed by atoms with Crippen LogP contribution in [0.3, 0.4) is 0 Å². The zero-order chi connectivity index (χ0) is 12.2. The summed E-state index contributed by atoms with van der Waals surface area (Å²) in [4.78, 5) is 0. The molecule has 0 bridgehead atoms. The van der Waals surface area contributed by atoms with Crippen molar-refractivity contribution in [2.75, 3.05) is 23.0 Å². The number of rotatable bonds is 3. The molecule has 0 radical (unpaired) electrons. The maximum absolute atomic E-state index is 5.81. The number of para-hydroxylation sites is 1. The fourth-order valence-electron chi connectivity index (χ4n) is 2.10. The van der Waals surface area contributed by atoms with Crippen LogP contribution in [0.2, 0.25) is 0 Å².